The van der Waals surface area contributed by atoms with Gasteiger partial charge in [-0.05, 0) is 107 Å². The Labute approximate surface area is 422 Å². The van der Waals surface area contributed by atoms with Crippen LogP contribution in [0, 0.1) is 12.1 Å². The number of benzene rings is 8. The van der Waals surface area contributed by atoms with Gasteiger partial charge in [0.1, 0.15) is 0 Å². The first-order chi connectivity index (χ1) is 34.2. The summed E-state index contributed by atoms with van der Waals surface area (Å²) in [5, 5.41) is 5.32. The Morgan fingerprint density at radius 2 is 0.886 bits per heavy atom. The molecular weight excluding hydrogens is 1030 g/mol. The number of hydrogen-bond donors (Lipinski definition) is 0. The number of pyridine rings is 2. The van der Waals surface area contributed by atoms with Crippen LogP contribution in [0.15, 0.2) is 219 Å². The number of aryl methyl sites for hydroxylation is 4. The van der Waals surface area contributed by atoms with Crippen molar-refractivity contribution < 1.29 is 20.1 Å². The SMILES string of the molecule is [Ir].[c-]1cc2c(cc1-c1ccccn1)CC1(C2)c2cc(CCn3c4ccccc4c4ccccc43)ccc2-c2ccc(CCn3c4ccccc4c4ccccc43)cc21.[c-]1ccccc1-c1ccccn1. The molecular formula is C65H48IrN4-2. The van der Waals surface area contributed by atoms with Gasteiger partial charge in [0.15, 0.2) is 0 Å². The van der Waals surface area contributed by atoms with Crippen molar-refractivity contribution in [2.24, 2.45) is 0 Å². The molecule has 2 aliphatic carbocycles. The van der Waals surface area contributed by atoms with Gasteiger partial charge < -0.3 is 19.1 Å². The molecule has 0 saturated carbocycles. The topological polar surface area (TPSA) is 35.6 Å². The molecule has 8 aromatic carbocycles. The molecule has 70 heavy (non-hydrogen) atoms. The Kier molecular flexibility index (Phi) is 11.4. The molecule has 2 aliphatic rings. The van der Waals surface area contributed by atoms with Gasteiger partial charge in [-0.25, -0.2) is 0 Å². The molecule has 0 fully saturated rings. The minimum atomic E-state index is -0.130. The van der Waals surface area contributed by atoms with Crippen LogP contribution in [-0.2, 0) is 64.3 Å². The molecule has 4 aromatic heterocycles. The Hall–Kier alpha value is -7.69. The van der Waals surface area contributed by atoms with Crippen molar-refractivity contribution in [2.75, 3.05) is 0 Å². The second-order valence-electron chi connectivity index (χ2n) is 18.7. The molecule has 12 aromatic rings. The fraction of sp³-hybridized carbons (Fsp3) is 0.108. The molecule has 4 heterocycles. The summed E-state index contributed by atoms with van der Waals surface area (Å²) in [5.41, 5.74) is 20.5. The van der Waals surface area contributed by atoms with Gasteiger partial charge in [0.2, 0.25) is 0 Å². The van der Waals surface area contributed by atoms with Crippen LogP contribution in [0.25, 0.3) is 77.3 Å². The fourth-order valence-electron chi connectivity index (χ4n) is 11.6. The zero-order valence-corrected chi connectivity index (χ0v) is 41.0. The summed E-state index contributed by atoms with van der Waals surface area (Å²) in [6.45, 7) is 1.87. The zero-order chi connectivity index (χ0) is 45.7. The molecule has 1 spiro atoms. The van der Waals surface area contributed by atoms with E-state index in [0.29, 0.717) is 0 Å². The van der Waals surface area contributed by atoms with Gasteiger partial charge in [0.05, 0.1) is 0 Å². The molecule has 5 heteroatoms. The summed E-state index contributed by atoms with van der Waals surface area (Å²) in [5.74, 6) is 0. The number of hydrogen-bond acceptors (Lipinski definition) is 2. The number of nitrogens with zero attached hydrogens (tertiary/aromatic N) is 4. The summed E-state index contributed by atoms with van der Waals surface area (Å²) >= 11 is 0. The van der Waals surface area contributed by atoms with Gasteiger partial charge in [-0.3, -0.25) is 0 Å². The van der Waals surface area contributed by atoms with E-state index < -0.39 is 0 Å². The second kappa shape index (κ2) is 18.3. The van der Waals surface area contributed by atoms with E-state index in [4.69, 9.17) is 0 Å². The van der Waals surface area contributed by atoms with Gasteiger partial charge in [0.25, 0.3) is 0 Å². The van der Waals surface area contributed by atoms with Gasteiger partial charge in [-0.1, -0.05) is 133 Å². The van der Waals surface area contributed by atoms with Crippen LogP contribution in [0.4, 0.5) is 0 Å². The monoisotopic (exact) mass is 1080 g/mol. The van der Waals surface area contributed by atoms with Crippen LogP contribution in [0.2, 0.25) is 0 Å². The average molecular weight is 1080 g/mol. The predicted molar refractivity (Wildman–Crippen MR) is 283 cm³/mol. The number of rotatable bonds is 8. The average Bonchev–Trinajstić information content (AvgIpc) is 4.14. The molecule has 0 atom stereocenters. The summed E-state index contributed by atoms with van der Waals surface area (Å²) in [7, 11) is 0. The van der Waals surface area contributed by atoms with Crippen molar-refractivity contribution in [1.29, 1.82) is 0 Å². The quantitative estimate of drug-likeness (QED) is 0.142. The minimum Gasteiger partial charge on any atom is -0.340 e. The van der Waals surface area contributed by atoms with E-state index in [9.17, 15) is 0 Å². The van der Waals surface area contributed by atoms with Gasteiger partial charge in [0, 0.05) is 94.6 Å². The molecule has 0 amide bonds. The van der Waals surface area contributed by atoms with Gasteiger partial charge in [-0.2, -0.15) is 0 Å². The van der Waals surface area contributed by atoms with E-state index in [0.717, 1.165) is 61.3 Å². The summed E-state index contributed by atoms with van der Waals surface area (Å²) in [4.78, 5) is 8.90. The smallest absolute Gasteiger partial charge is 0.0491 e. The number of para-hydroxylation sites is 4. The van der Waals surface area contributed by atoms with Crippen LogP contribution < -0.4 is 0 Å². The predicted octanol–water partition coefficient (Wildman–Crippen LogP) is 14.9. The Morgan fingerprint density at radius 1 is 0.429 bits per heavy atom. The molecule has 339 valence electrons. The van der Waals surface area contributed by atoms with Crippen molar-refractivity contribution in [3.8, 4) is 33.6 Å². The zero-order valence-electron chi connectivity index (χ0n) is 38.6. The summed E-state index contributed by atoms with van der Waals surface area (Å²) in [6.07, 6.45) is 7.56. The maximum Gasteiger partial charge on any atom is 0.0491 e. The molecule has 0 bridgehead atoms. The second-order valence-corrected chi connectivity index (χ2v) is 18.7. The van der Waals surface area contributed by atoms with Crippen LogP contribution in [-0.4, -0.2) is 19.1 Å². The first-order valence-electron chi connectivity index (χ1n) is 24.2. The third-order valence-corrected chi connectivity index (χ3v) is 14.8. The molecule has 0 saturated heterocycles. The third kappa shape index (κ3) is 7.58. The van der Waals surface area contributed by atoms with Crippen molar-refractivity contribution in [3.63, 3.8) is 0 Å². The summed E-state index contributed by atoms with van der Waals surface area (Å²) in [6, 6.07) is 81.4. The maximum atomic E-state index is 4.68. The number of fused-ring (bicyclic) bond motifs is 12. The van der Waals surface area contributed by atoms with Crippen molar-refractivity contribution in [1.82, 2.24) is 19.1 Å². The standard InChI is InChI=1S/C54H40N3.C11H8N.Ir/c1-5-16-50-43(11-1)44-12-2-6-17-51(44)56(50)29-26-36-20-24-41-42-25-21-37(27-30-57-52-18-7-3-13-45(52)46-14-4-8-19-53(46)57)32-48(42)54(47(41)31-36)34-39-23-22-38(33-40(39)35-54)49-15-9-10-28-55-49;1-2-6-10(7-3-1)11-8-4-5-9-12-11;/h1-21,23-25,28,31-33H,26-27,29-30,34-35H2;1-6,8-9H;/q2*-1;. The van der Waals surface area contributed by atoms with Crippen LogP contribution in [0.5, 0.6) is 0 Å². The van der Waals surface area contributed by atoms with Crippen molar-refractivity contribution >= 4 is 43.6 Å². The fourth-order valence-corrected chi connectivity index (χ4v) is 11.6. The molecule has 1 radical (unpaired) electrons. The Bertz CT molecular complexity index is 3540. The first kappa shape index (κ1) is 43.6. The van der Waals surface area contributed by atoms with Gasteiger partial charge >= 0.3 is 0 Å². The Morgan fingerprint density at radius 3 is 1.36 bits per heavy atom. The first-order valence-corrected chi connectivity index (χ1v) is 24.2. The van der Waals surface area contributed by atoms with Crippen molar-refractivity contribution in [2.45, 2.75) is 44.2 Å². The Balaban J connectivity index is 0.000000340. The van der Waals surface area contributed by atoms with Gasteiger partial charge in [-0.15, -0.1) is 70.8 Å². The van der Waals surface area contributed by atoms with E-state index in [-0.39, 0.29) is 25.5 Å². The van der Waals surface area contributed by atoms with Crippen molar-refractivity contribution in [3.05, 3.63) is 264 Å². The molecule has 0 N–H and O–H groups in total. The molecule has 0 unspecified atom stereocenters. The van der Waals surface area contributed by atoms with Crippen LogP contribution in [0.1, 0.15) is 33.4 Å². The minimum absolute atomic E-state index is 0. The van der Waals surface area contributed by atoms with E-state index in [1.54, 1.807) is 6.20 Å². The van der Waals surface area contributed by atoms with Crippen LogP contribution >= 0.6 is 0 Å². The largest absolute Gasteiger partial charge is 0.340 e. The summed E-state index contributed by atoms with van der Waals surface area (Å²) < 4.78 is 5.04. The molecule has 4 nitrogen and oxygen atoms in total. The van der Waals surface area contributed by atoms with E-state index >= 15 is 0 Å². The van der Waals surface area contributed by atoms with E-state index in [1.165, 1.54) is 88.1 Å². The third-order valence-electron chi connectivity index (χ3n) is 14.8. The number of aromatic nitrogens is 4. The molecule has 0 aliphatic heterocycles. The maximum absolute atomic E-state index is 4.68. The van der Waals surface area contributed by atoms with Crippen LogP contribution in [0.3, 0.4) is 0 Å². The normalized spacial score (nSPS) is 13.0. The van der Waals surface area contributed by atoms with E-state index in [2.05, 4.69) is 189 Å². The van der Waals surface area contributed by atoms with E-state index in [1.807, 2.05) is 54.7 Å². The molecule has 14 rings (SSSR count).